The topological polar surface area (TPSA) is 108 Å². The smallest absolute Gasteiger partial charge is 0.388 e. The molecule has 0 saturated carbocycles. The number of amides is 1. The van der Waals surface area contributed by atoms with Crippen molar-refractivity contribution < 1.29 is 9.21 Å². The fraction of sp³-hybridized carbons (Fsp3) is 0.150. The Bertz CT molecular complexity index is 1150. The molecule has 0 spiro atoms. The molecule has 0 bridgehead atoms. The maximum atomic E-state index is 12.4. The highest BCUT2D eigenvalue weighted by Gasteiger charge is 2.15. The maximum Gasteiger partial charge on any atom is 0.437 e. The van der Waals surface area contributed by atoms with Crippen LogP contribution in [0.4, 0.5) is 0 Å². The molecule has 0 aliphatic rings. The summed E-state index contributed by atoms with van der Waals surface area (Å²) in [5, 5.41) is 11.0. The number of nitrogens with one attached hydrogen (secondary N) is 1. The molecule has 1 atom stereocenters. The van der Waals surface area contributed by atoms with Crippen molar-refractivity contribution >= 4 is 5.91 Å². The van der Waals surface area contributed by atoms with Crippen molar-refractivity contribution in [3.05, 3.63) is 83.4 Å². The Labute approximate surface area is 165 Å². The van der Waals surface area contributed by atoms with E-state index in [-0.39, 0.29) is 24.4 Å². The van der Waals surface area contributed by atoms with Crippen LogP contribution in [0, 0.1) is 0 Å². The molecule has 29 heavy (non-hydrogen) atoms. The van der Waals surface area contributed by atoms with E-state index in [1.54, 1.807) is 23.1 Å². The van der Waals surface area contributed by atoms with E-state index in [1.165, 1.54) is 6.33 Å². The van der Waals surface area contributed by atoms with Gasteiger partial charge in [0.1, 0.15) is 19.2 Å². The molecule has 0 aliphatic carbocycles. The Morgan fingerprint density at radius 2 is 1.90 bits per heavy atom. The largest absolute Gasteiger partial charge is 0.437 e. The van der Waals surface area contributed by atoms with Crippen LogP contribution in [-0.2, 0) is 11.3 Å². The first-order chi connectivity index (χ1) is 14.1. The number of carbonyl (C=O) groups is 1. The van der Waals surface area contributed by atoms with Gasteiger partial charge in [-0.25, -0.2) is 14.5 Å². The second-order valence-corrected chi connectivity index (χ2v) is 6.42. The quantitative estimate of drug-likeness (QED) is 0.539. The molecule has 0 saturated heterocycles. The summed E-state index contributed by atoms with van der Waals surface area (Å²) >= 11 is 0. The Morgan fingerprint density at radius 3 is 2.59 bits per heavy atom. The maximum absolute atomic E-state index is 12.4. The first-order valence-corrected chi connectivity index (χ1v) is 8.98. The Balaban J connectivity index is 1.41. The average Bonchev–Trinajstić information content (AvgIpc) is 3.39. The van der Waals surface area contributed by atoms with Crippen molar-refractivity contribution in [1.82, 2.24) is 29.9 Å². The lowest BCUT2D eigenvalue weighted by atomic mass is 10.1. The van der Waals surface area contributed by atoms with E-state index < -0.39 is 5.76 Å². The summed E-state index contributed by atoms with van der Waals surface area (Å²) < 4.78 is 7.80. The summed E-state index contributed by atoms with van der Waals surface area (Å²) in [7, 11) is 0. The van der Waals surface area contributed by atoms with Gasteiger partial charge in [0.15, 0.2) is 0 Å². The second-order valence-electron chi connectivity index (χ2n) is 6.42. The fourth-order valence-corrected chi connectivity index (χ4v) is 2.87. The number of rotatable bonds is 6. The summed E-state index contributed by atoms with van der Waals surface area (Å²) in [6.45, 7) is 1.64. The van der Waals surface area contributed by atoms with E-state index in [9.17, 15) is 9.59 Å². The monoisotopic (exact) mass is 390 g/mol. The number of hydrogen-bond acceptors (Lipinski definition) is 6. The molecule has 0 unspecified atom stereocenters. The number of benzene rings is 2. The van der Waals surface area contributed by atoms with E-state index >= 15 is 0 Å². The van der Waals surface area contributed by atoms with Crippen molar-refractivity contribution in [2.75, 3.05) is 0 Å². The van der Waals surface area contributed by atoms with E-state index in [0.29, 0.717) is 5.56 Å². The molecule has 1 amide bonds. The minimum atomic E-state index is -0.677. The van der Waals surface area contributed by atoms with E-state index in [1.807, 2.05) is 49.4 Å². The van der Waals surface area contributed by atoms with Gasteiger partial charge in [-0.05, 0) is 36.8 Å². The molecule has 4 rings (SSSR count). The van der Waals surface area contributed by atoms with Gasteiger partial charge in [-0.15, -0.1) is 5.10 Å². The van der Waals surface area contributed by atoms with Gasteiger partial charge in [0.05, 0.1) is 11.7 Å². The van der Waals surface area contributed by atoms with E-state index in [4.69, 9.17) is 4.42 Å². The van der Waals surface area contributed by atoms with Gasteiger partial charge >= 0.3 is 5.76 Å². The summed E-state index contributed by atoms with van der Waals surface area (Å²) in [4.78, 5) is 28.3. The van der Waals surface area contributed by atoms with Gasteiger partial charge in [0.25, 0.3) is 0 Å². The summed E-state index contributed by atoms with van der Waals surface area (Å²) in [5.41, 5.74) is 2.46. The Kier molecular flexibility index (Phi) is 5.02. The van der Waals surface area contributed by atoms with Gasteiger partial charge in [-0.2, -0.15) is 9.78 Å². The summed E-state index contributed by atoms with van der Waals surface area (Å²) in [6, 6.07) is 16.4. The molecule has 4 aromatic rings. The zero-order chi connectivity index (χ0) is 20.2. The van der Waals surface area contributed by atoms with Crippen molar-refractivity contribution in [2.45, 2.75) is 19.5 Å². The fourth-order valence-electron chi connectivity index (χ4n) is 2.87. The first kappa shape index (κ1) is 18.4. The minimum absolute atomic E-state index is 0.181. The normalized spacial score (nSPS) is 11.9. The van der Waals surface area contributed by atoms with Gasteiger partial charge < -0.3 is 9.73 Å². The molecule has 9 nitrogen and oxygen atoms in total. The predicted octanol–water partition coefficient (Wildman–Crippen LogP) is 1.96. The van der Waals surface area contributed by atoms with Crippen LogP contribution in [0.2, 0.25) is 0 Å². The van der Waals surface area contributed by atoms with Crippen LogP contribution in [0.25, 0.3) is 17.1 Å². The van der Waals surface area contributed by atoms with Crippen LogP contribution in [0.1, 0.15) is 18.5 Å². The lowest BCUT2D eigenvalue weighted by Gasteiger charge is -2.14. The van der Waals surface area contributed by atoms with Crippen LogP contribution in [0.5, 0.6) is 0 Å². The number of nitrogens with zero attached hydrogens (tertiary/aromatic N) is 5. The standard InChI is InChI=1S/C20H18N6O3/c1-14(15-7-9-17(10-8-15)26-13-21-12-22-26)23-18(27)11-25-20(28)29-19(24-25)16-5-3-2-4-6-16/h2-10,12-14H,11H2,1H3,(H,23,27)/t14-/m1/s1. The molecule has 0 radical (unpaired) electrons. The second kappa shape index (κ2) is 7.93. The number of carbonyl (C=O) groups excluding carboxylic acids is 1. The Morgan fingerprint density at radius 1 is 1.14 bits per heavy atom. The van der Waals surface area contributed by atoms with E-state index in [2.05, 4.69) is 20.5 Å². The summed E-state index contributed by atoms with van der Waals surface area (Å²) in [6.07, 6.45) is 3.07. The SMILES string of the molecule is C[C@@H](NC(=O)Cn1nc(-c2ccccc2)oc1=O)c1ccc(-n2cncn2)cc1. The van der Waals surface area contributed by atoms with Crippen LogP contribution in [0.15, 0.2) is 76.5 Å². The summed E-state index contributed by atoms with van der Waals surface area (Å²) in [5.74, 6) is -0.836. The predicted molar refractivity (Wildman–Crippen MR) is 104 cm³/mol. The molecule has 146 valence electrons. The zero-order valence-electron chi connectivity index (χ0n) is 15.6. The third kappa shape index (κ3) is 4.13. The van der Waals surface area contributed by atoms with Crippen LogP contribution >= 0.6 is 0 Å². The van der Waals surface area contributed by atoms with Crippen molar-refractivity contribution in [2.24, 2.45) is 0 Å². The average molecular weight is 390 g/mol. The lowest BCUT2D eigenvalue weighted by molar-refractivity contribution is -0.122. The van der Waals surface area contributed by atoms with Crippen LogP contribution in [-0.4, -0.2) is 30.5 Å². The third-order valence-electron chi connectivity index (χ3n) is 4.37. The van der Waals surface area contributed by atoms with Crippen molar-refractivity contribution in [3.8, 4) is 17.1 Å². The Hall–Kier alpha value is -4.01. The molecule has 1 N–H and O–H groups in total. The van der Waals surface area contributed by atoms with Gasteiger partial charge in [-0.1, -0.05) is 30.3 Å². The molecule has 2 aromatic carbocycles. The highest BCUT2D eigenvalue weighted by Crippen LogP contribution is 2.16. The van der Waals surface area contributed by atoms with Crippen molar-refractivity contribution in [3.63, 3.8) is 0 Å². The van der Waals surface area contributed by atoms with Crippen LogP contribution in [0.3, 0.4) is 0 Å². The molecule has 0 fully saturated rings. The molecule has 0 aliphatic heterocycles. The van der Waals surface area contributed by atoms with Crippen LogP contribution < -0.4 is 11.1 Å². The van der Waals surface area contributed by atoms with Gasteiger partial charge in [-0.3, -0.25) is 4.79 Å². The zero-order valence-corrected chi connectivity index (χ0v) is 15.6. The van der Waals surface area contributed by atoms with Gasteiger partial charge in [0, 0.05) is 5.56 Å². The van der Waals surface area contributed by atoms with E-state index in [0.717, 1.165) is 15.9 Å². The molecular weight excluding hydrogens is 372 g/mol. The number of aromatic nitrogens is 5. The number of hydrogen-bond donors (Lipinski definition) is 1. The van der Waals surface area contributed by atoms with Crippen molar-refractivity contribution in [1.29, 1.82) is 0 Å². The lowest BCUT2D eigenvalue weighted by Crippen LogP contribution is -2.33. The first-order valence-electron chi connectivity index (χ1n) is 8.98. The van der Waals surface area contributed by atoms with Gasteiger partial charge in [0.2, 0.25) is 11.8 Å². The highest BCUT2D eigenvalue weighted by atomic mass is 16.4. The molecule has 2 aromatic heterocycles. The third-order valence-corrected chi connectivity index (χ3v) is 4.37. The molecule has 2 heterocycles. The molecular formula is C20H18N6O3. The molecule has 9 heteroatoms. The highest BCUT2D eigenvalue weighted by molar-refractivity contribution is 5.76. The minimum Gasteiger partial charge on any atom is -0.388 e.